The van der Waals surface area contributed by atoms with Gasteiger partial charge in [-0.3, -0.25) is 9.59 Å². The number of morpholine rings is 1. The minimum atomic E-state index is -0.00936. The van der Waals surface area contributed by atoms with Gasteiger partial charge in [0.05, 0.1) is 13.2 Å². The van der Waals surface area contributed by atoms with E-state index in [-0.39, 0.29) is 30.1 Å². The summed E-state index contributed by atoms with van der Waals surface area (Å²) in [6.07, 6.45) is 1.70. The number of carbonyl (C=O) groups is 2. The molecule has 3 rings (SSSR count). The summed E-state index contributed by atoms with van der Waals surface area (Å²) >= 11 is 0. The highest BCUT2D eigenvalue weighted by Crippen LogP contribution is 2.20. The van der Waals surface area contributed by atoms with Gasteiger partial charge in [-0.25, -0.2) is 0 Å². The van der Waals surface area contributed by atoms with Gasteiger partial charge in [0.25, 0.3) is 5.91 Å². The number of nitrogens with one attached hydrogen (secondary N) is 2. The molecule has 0 aliphatic carbocycles. The van der Waals surface area contributed by atoms with Gasteiger partial charge in [-0.05, 0) is 44.5 Å². The van der Waals surface area contributed by atoms with Crippen molar-refractivity contribution < 1.29 is 14.3 Å². The number of hydrogen-bond donors (Lipinski definition) is 2. The molecule has 0 aromatic heterocycles. The summed E-state index contributed by atoms with van der Waals surface area (Å²) in [6, 6.07) is 7.57. The number of amides is 2. The van der Waals surface area contributed by atoms with Crippen LogP contribution in [0.3, 0.4) is 0 Å². The molecule has 0 unspecified atom stereocenters. The van der Waals surface area contributed by atoms with Crippen molar-refractivity contribution in [1.29, 1.82) is 0 Å². The third-order valence-corrected chi connectivity index (χ3v) is 4.67. The molecule has 2 saturated heterocycles. The van der Waals surface area contributed by atoms with Crippen molar-refractivity contribution in [3.8, 4) is 0 Å². The van der Waals surface area contributed by atoms with E-state index in [2.05, 4.69) is 17.6 Å². The molecule has 25 heavy (non-hydrogen) atoms. The SMILES string of the molecule is C[C@H]1C[C@@H](C(=O)Nc2cccc(C(=O)N3CCOCC3)c2)CCN1.Cl. The second-order valence-electron chi connectivity index (χ2n) is 6.55. The first kappa shape index (κ1) is 19.7. The smallest absolute Gasteiger partial charge is 0.254 e. The van der Waals surface area contributed by atoms with Crippen LogP contribution in [0.25, 0.3) is 0 Å². The van der Waals surface area contributed by atoms with Crippen molar-refractivity contribution in [1.82, 2.24) is 10.2 Å². The zero-order chi connectivity index (χ0) is 16.9. The molecule has 2 atom stereocenters. The predicted octanol–water partition coefficient (Wildman–Crippen LogP) is 1.91. The van der Waals surface area contributed by atoms with E-state index in [1.54, 1.807) is 17.0 Å². The molecule has 0 spiro atoms. The Bertz CT molecular complexity index is 605. The number of ether oxygens (including phenoxy) is 1. The van der Waals surface area contributed by atoms with Gasteiger partial charge >= 0.3 is 0 Å². The normalized spacial score (nSPS) is 23.5. The van der Waals surface area contributed by atoms with Crippen molar-refractivity contribution in [2.75, 3.05) is 38.2 Å². The van der Waals surface area contributed by atoms with E-state index in [9.17, 15) is 9.59 Å². The number of piperidine rings is 1. The molecule has 2 heterocycles. The van der Waals surface area contributed by atoms with Gasteiger partial charge in [0.15, 0.2) is 0 Å². The van der Waals surface area contributed by atoms with Crippen molar-refractivity contribution in [3.63, 3.8) is 0 Å². The van der Waals surface area contributed by atoms with Crippen LogP contribution in [-0.2, 0) is 9.53 Å². The number of benzene rings is 1. The zero-order valence-electron chi connectivity index (χ0n) is 14.5. The van der Waals surface area contributed by atoms with E-state index in [1.807, 2.05) is 12.1 Å². The van der Waals surface area contributed by atoms with E-state index in [0.29, 0.717) is 43.6 Å². The minimum Gasteiger partial charge on any atom is -0.378 e. The van der Waals surface area contributed by atoms with Gasteiger partial charge in [0, 0.05) is 36.3 Å². The molecule has 6 nitrogen and oxygen atoms in total. The summed E-state index contributed by atoms with van der Waals surface area (Å²) in [4.78, 5) is 26.8. The Morgan fingerprint density at radius 2 is 2.04 bits per heavy atom. The molecule has 0 saturated carbocycles. The topological polar surface area (TPSA) is 70.7 Å². The first-order valence-corrected chi connectivity index (χ1v) is 8.65. The highest BCUT2D eigenvalue weighted by Gasteiger charge is 2.25. The monoisotopic (exact) mass is 367 g/mol. The summed E-state index contributed by atoms with van der Waals surface area (Å²) < 4.78 is 5.28. The van der Waals surface area contributed by atoms with E-state index < -0.39 is 0 Å². The molecule has 2 fully saturated rings. The number of hydrogen-bond acceptors (Lipinski definition) is 4. The Kier molecular flexibility index (Phi) is 7.23. The van der Waals surface area contributed by atoms with Crippen LogP contribution >= 0.6 is 12.4 Å². The summed E-state index contributed by atoms with van der Waals surface area (Å²) in [5.74, 6) is 0.0593. The standard InChI is InChI=1S/C18H25N3O3.ClH/c1-13-11-14(5-6-19-13)17(22)20-16-4-2-3-15(12-16)18(23)21-7-9-24-10-8-21;/h2-4,12-14,19H,5-11H2,1H3,(H,20,22);1H/t13-,14-;/m0./s1. The Labute approximate surface area is 154 Å². The van der Waals surface area contributed by atoms with Gasteiger partial charge in [0.1, 0.15) is 0 Å². The predicted molar refractivity (Wildman–Crippen MR) is 99.2 cm³/mol. The Balaban J connectivity index is 0.00000225. The fraction of sp³-hybridized carbons (Fsp3) is 0.556. The number of nitrogens with zero attached hydrogens (tertiary/aromatic N) is 1. The lowest BCUT2D eigenvalue weighted by Crippen LogP contribution is -2.41. The van der Waals surface area contributed by atoms with E-state index in [1.165, 1.54) is 0 Å². The van der Waals surface area contributed by atoms with Crippen molar-refractivity contribution in [2.45, 2.75) is 25.8 Å². The molecule has 2 aliphatic rings. The maximum absolute atomic E-state index is 12.5. The Morgan fingerprint density at radius 1 is 1.28 bits per heavy atom. The van der Waals surface area contributed by atoms with Crippen LogP contribution in [0.2, 0.25) is 0 Å². The Morgan fingerprint density at radius 3 is 2.76 bits per heavy atom. The van der Waals surface area contributed by atoms with E-state index >= 15 is 0 Å². The number of anilines is 1. The maximum atomic E-state index is 12.5. The third kappa shape index (κ3) is 5.17. The van der Waals surface area contributed by atoms with Gasteiger partial charge in [-0.15, -0.1) is 12.4 Å². The van der Waals surface area contributed by atoms with E-state index in [0.717, 1.165) is 19.4 Å². The fourth-order valence-electron chi connectivity index (χ4n) is 3.29. The number of carbonyl (C=O) groups excluding carboxylic acids is 2. The summed E-state index contributed by atoms with van der Waals surface area (Å²) in [5.41, 5.74) is 1.29. The quantitative estimate of drug-likeness (QED) is 0.856. The summed E-state index contributed by atoms with van der Waals surface area (Å²) in [7, 11) is 0. The van der Waals surface area contributed by atoms with Crippen molar-refractivity contribution in [2.24, 2.45) is 5.92 Å². The molecule has 2 aliphatic heterocycles. The second-order valence-corrected chi connectivity index (χ2v) is 6.55. The average molecular weight is 368 g/mol. The molecule has 0 bridgehead atoms. The molecule has 2 N–H and O–H groups in total. The molecule has 7 heteroatoms. The largest absolute Gasteiger partial charge is 0.378 e. The van der Waals surface area contributed by atoms with E-state index in [4.69, 9.17) is 4.74 Å². The summed E-state index contributed by atoms with van der Waals surface area (Å²) in [6.45, 7) is 5.35. The lowest BCUT2D eigenvalue weighted by Gasteiger charge is -2.27. The molecule has 1 aromatic carbocycles. The van der Waals surface area contributed by atoms with Gasteiger partial charge in [-0.1, -0.05) is 6.07 Å². The summed E-state index contributed by atoms with van der Waals surface area (Å²) in [5, 5.41) is 6.32. The Hall–Kier alpha value is -1.63. The molecule has 2 amide bonds. The molecule has 138 valence electrons. The van der Waals surface area contributed by atoms with Crippen LogP contribution in [0.1, 0.15) is 30.1 Å². The van der Waals surface area contributed by atoms with Crippen LogP contribution in [0, 0.1) is 5.92 Å². The molecule has 0 radical (unpaired) electrons. The third-order valence-electron chi connectivity index (χ3n) is 4.67. The fourth-order valence-corrected chi connectivity index (χ4v) is 3.29. The first-order chi connectivity index (χ1) is 11.6. The highest BCUT2D eigenvalue weighted by atomic mass is 35.5. The molecular formula is C18H26ClN3O3. The van der Waals surface area contributed by atoms with Crippen LogP contribution in [0.5, 0.6) is 0 Å². The molecular weight excluding hydrogens is 342 g/mol. The minimum absolute atomic E-state index is 0. The second kappa shape index (κ2) is 9.17. The van der Waals surface area contributed by atoms with Crippen molar-refractivity contribution >= 4 is 29.9 Å². The van der Waals surface area contributed by atoms with Gasteiger partial charge < -0.3 is 20.3 Å². The average Bonchev–Trinajstić information content (AvgIpc) is 2.62. The molecule has 1 aromatic rings. The lowest BCUT2D eigenvalue weighted by molar-refractivity contribution is -0.120. The van der Waals surface area contributed by atoms with Gasteiger partial charge in [-0.2, -0.15) is 0 Å². The van der Waals surface area contributed by atoms with Crippen molar-refractivity contribution in [3.05, 3.63) is 29.8 Å². The zero-order valence-corrected chi connectivity index (χ0v) is 15.3. The van der Waals surface area contributed by atoms with Crippen LogP contribution < -0.4 is 10.6 Å². The number of rotatable bonds is 3. The van der Waals surface area contributed by atoms with Crippen LogP contribution in [0.4, 0.5) is 5.69 Å². The first-order valence-electron chi connectivity index (χ1n) is 8.65. The number of halogens is 1. The van der Waals surface area contributed by atoms with Crippen LogP contribution in [0.15, 0.2) is 24.3 Å². The maximum Gasteiger partial charge on any atom is 0.254 e. The highest BCUT2D eigenvalue weighted by molar-refractivity contribution is 5.97. The van der Waals surface area contributed by atoms with Crippen LogP contribution in [-0.4, -0.2) is 55.6 Å². The lowest BCUT2D eigenvalue weighted by atomic mass is 9.92. The van der Waals surface area contributed by atoms with Gasteiger partial charge in [0.2, 0.25) is 5.91 Å².